The summed E-state index contributed by atoms with van der Waals surface area (Å²) in [5, 5.41) is 0. The van der Waals surface area contributed by atoms with Crippen LogP contribution in [0.15, 0.2) is 60.8 Å². The van der Waals surface area contributed by atoms with E-state index in [-0.39, 0.29) is 0 Å². The number of nitrogens with zero attached hydrogens (tertiary/aromatic N) is 1. The van der Waals surface area contributed by atoms with Crippen molar-refractivity contribution in [3.63, 3.8) is 0 Å². The number of nitrogens with one attached hydrogen (secondary N) is 1. The monoisotopic (exact) mass is 318 g/mol. The van der Waals surface area contributed by atoms with Crippen LogP contribution in [-0.2, 0) is 0 Å². The number of rotatable bonds is 7. The summed E-state index contributed by atoms with van der Waals surface area (Å²) in [7, 11) is 0. The molecular formula is C22H26N2. The zero-order valence-corrected chi connectivity index (χ0v) is 14.6. The third-order valence-corrected chi connectivity index (χ3v) is 4.56. The molecule has 1 aromatic heterocycles. The average Bonchev–Trinajstić information content (AvgIpc) is 3.12. The van der Waals surface area contributed by atoms with Gasteiger partial charge in [0, 0.05) is 5.92 Å². The number of hydrogen-bond acceptors (Lipinski definition) is 1. The van der Waals surface area contributed by atoms with Gasteiger partial charge in [-0.1, -0.05) is 81.3 Å². The fourth-order valence-electron chi connectivity index (χ4n) is 3.28. The maximum atomic E-state index is 4.66. The Morgan fingerprint density at radius 1 is 0.792 bits per heavy atom. The summed E-state index contributed by atoms with van der Waals surface area (Å²) in [5.41, 5.74) is 4.80. The molecule has 0 amide bonds. The van der Waals surface area contributed by atoms with Gasteiger partial charge >= 0.3 is 0 Å². The third kappa shape index (κ3) is 3.76. The van der Waals surface area contributed by atoms with E-state index in [1.54, 1.807) is 0 Å². The molecule has 2 nitrogen and oxygen atoms in total. The molecule has 0 saturated heterocycles. The summed E-state index contributed by atoms with van der Waals surface area (Å²) in [5.74, 6) is 1.69. The van der Waals surface area contributed by atoms with Crippen molar-refractivity contribution in [3.8, 4) is 22.4 Å². The number of aromatic amines is 1. The molecule has 0 fully saturated rings. The molecule has 0 radical (unpaired) electrons. The van der Waals surface area contributed by atoms with Crippen LogP contribution in [-0.4, -0.2) is 9.97 Å². The lowest BCUT2D eigenvalue weighted by atomic mass is 9.98. The number of hydrogen-bond donors (Lipinski definition) is 1. The van der Waals surface area contributed by atoms with Crippen molar-refractivity contribution >= 4 is 0 Å². The van der Waals surface area contributed by atoms with Gasteiger partial charge in [0.2, 0.25) is 0 Å². The Bertz CT molecular complexity index is 735. The molecule has 3 rings (SSSR count). The van der Waals surface area contributed by atoms with E-state index in [0.717, 1.165) is 11.5 Å². The maximum absolute atomic E-state index is 4.66. The molecule has 2 aromatic carbocycles. The Balaban J connectivity index is 1.80. The second-order valence-corrected chi connectivity index (χ2v) is 6.40. The van der Waals surface area contributed by atoms with E-state index in [1.807, 2.05) is 12.3 Å². The quantitative estimate of drug-likeness (QED) is 0.534. The fraction of sp³-hybridized carbons (Fsp3) is 0.318. The van der Waals surface area contributed by atoms with Crippen molar-refractivity contribution in [3.05, 3.63) is 66.6 Å². The van der Waals surface area contributed by atoms with E-state index in [1.165, 1.54) is 42.4 Å². The van der Waals surface area contributed by atoms with Crippen LogP contribution in [0.5, 0.6) is 0 Å². The highest BCUT2D eigenvalue weighted by Crippen LogP contribution is 2.28. The van der Waals surface area contributed by atoms with E-state index in [9.17, 15) is 0 Å². The van der Waals surface area contributed by atoms with Crippen molar-refractivity contribution in [2.45, 2.75) is 45.4 Å². The first kappa shape index (κ1) is 16.5. The van der Waals surface area contributed by atoms with Crippen LogP contribution < -0.4 is 0 Å². The normalized spacial score (nSPS) is 11.1. The van der Waals surface area contributed by atoms with Gasteiger partial charge in [-0.2, -0.15) is 0 Å². The first-order chi connectivity index (χ1) is 11.8. The lowest BCUT2D eigenvalue weighted by molar-refractivity contribution is 0.538. The third-order valence-electron chi connectivity index (χ3n) is 4.56. The van der Waals surface area contributed by atoms with Crippen molar-refractivity contribution in [2.75, 3.05) is 0 Å². The molecule has 0 atom stereocenters. The van der Waals surface area contributed by atoms with Gasteiger partial charge in [-0.25, -0.2) is 4.98 Å². The largest absolute Gasteiger partial charge is 0.342 e. The van der Waals surface area contributed by atoms with Crippen molar-refractivity contribution in [1.29, 1.82) is 0 Å². The van der Waals surface area contributed by atoms with Gasteiger partial charge in [-0.3, -0.25) is 0 Å². The summed E-state index contributed by atoms with van der Waals surface area (Å²) in [6, 6.07) is 19.2. The average molecular weight is 318 g/mol. The van der Waals surface area contributed by atoms with Gasteiger partial charge in [-0.15, -0.1) is 0 Å². The molecule has 0 unspecified atom stereocenters. The summed E-state index contributed by atoms with van der Waals surface area (Å²) in [4.78, 5) is 8.20. The van der Waals surface area contributed by atoms with Crippen LogP contribution in [0.3, 0.4) is 0 Å². The predicted octanol–water partition coefficient (Wildman–Crippen LogP) is 6.43. The Kier molecular flexibility index (Phi) is 5.47. The zero-order chi connectivity index (χ0) is 16.8. The molecule has 1 heterocycles. The summed E-state index contributed by atoms with van der Waals surface area (Å²) >= 11 is 0. The van der Waals surface area contributed by atoms with E-state index in [4.69, 9.17) is 0 Å². The van der Waals surface area contributed by atoms with Crippen LogP contribution in [0.4, 0.5) is 0 Å². The van der Waals surface area contributed by atoms with E-state index in [0.29, 0.717) is 5.92 Å². The van der Waals surface area contributed by atoms with Crippen LogP contribution in [0, 0.1) is 0 Å². The van der Waals surface area contributed by atoms with Crippen molar-refractivity contribution < 1.29 is 0 Å². The molecule has 3 aromatic rings. The summed E-state index contributed by atoms with van der Waals surface area (Å²) < 4.78 is 0. The lowest BCUT2D eigenvalue weighted by Gasteiger charge is -2.12. The molecular weight excluding hydrogens is 292 g/mol. The maximum Gasteiger partial charge on any atom is 0.109 e. The Labute approximate surface area is 145 Å². The highest BCUT2D eigenvalue weighted by molar-refractivity contribution is 5.68. The second kappa shape index (κ2) is 7.96. The van der Waals surface area contributed by atoms with Crippen molar-refractivity contribution in [1.82, 2.24) is 9.97 Å². The fourth-order valence-corrected chi connectivity index (χ4v) is 3.28. The van der Waals surface area contributed by atoms with Crippen LogP contribution in [0.25, 0.3) is 22.4 Å². The summed E-state index contributed by atoms with van der Waals surface area (Å²) in [6.07, 6.45) is 6.78. The second-order valence-electron chi connectivity index (χ2n) is 6.40. The minimum Gasteiger partial charge on any atom is -0.342 e. The van der Waals surface area contributed by atoms with Gasteiger partial charge in [-0.05, 0) is 29.5 Å². The molecule has 0 spiro atoms. The standard InChI is InChI=1S/C22H26N2/c1-3-8-20(9-4-2)22-23-16-21(24-22)19-14-12-18(13-15-19)17-10-6-5-7-11-17/h5-7,10-16,20H,3-4,8-9H2,1-2H3,(H,23,24). The van der Waals surface area contributed by atoms with Gasteiger partial charge in [0.1, 0.15) is 5.82 Å². The minimum absolute atomic E-state index is 0.553. The van der Waals surface area contributed by atoms with Gasteiger partial charge in [0.05, 0.1) is 11.9 Å². The molecule has 24 heavy (non-hydrogen) atoms. The summed E-state index contributed by atoms with van der Waals surface area (Å²) in [6.45, 7) is 4.49. The van der Waals surface area contributed by atoms with Crippen LogP contribution in [0.2, 0.25) is 0 Å². The Morgan fingerprint density at radius 3 is 2.00 bits per heavy atom. The molecule has 0 aliphatic carbocycles. The van der Waals surface area contributed by atoms with Gasteiger partial charge in [0.25, 0.3) is 0 Å². The smallest absolute Gasteiger partial charge is 0.109 e. The molecule has 124 valence electrons. The molecule has 1 N–H and O–H groups in total. The number of benzene rings is 2. The first-order valence-corrected chi connectivity index (χ1v) is 9.02. The topological polar surface area (TPSA) is 28.7 Å². The molecule has 0 aliphatic heterocycles. The molecule has 2 heteroatoms. The highest BCUT2D eigenvalue weighted by atomic mass is 14.9. The van der Waals surface area contributed by atoms with Crippen LogP contribution >= 0.6 is 0 Å². The zero-order valence-electron chi connectivity index (χ0n) is 14.6. The SMILES string of the molecule is CCCC(CCC)c1ncc(-c2ccc(-c3ccccc3)cc2)[nH]1. The molecule has 0 saturated carbocycles. The number of aromatic nitrogens is 2. The molecule has 0 bridgehead atoms. The Hall–Kier alpha value is -2.35. The van der Waals surface area contributed by atoms with Gasteiger partial charge in [0.15, 0.2) is 0 Å². The number of H-pyrrole nitrogens is 1. The minimum atomic E-state index is 0.553. The van der Waals surface area contributed by atoms with Crippen LogP contribution in [0.1, 0.15) is 51.3 Å². The van der Waals surface area contributed by atoms with E-state index < -0.39 is 0 Å². The van der Waals surface area contributed by atoms with E-state index in [2.05, 4.69) is 72.3 Å². The highest BCUT2D eigenvalue weighted by Gasteiger charge is 2.14. The molecule has 0 aliphatic rings. The van der Waals surface area contributed by atoms with Gasteiger partial charge < -0.3 is 4.98 Å². The lowest BCUT2D eigenvalue weighted by Crippen LogP contribution is -2.00. The first-order valence-electron chi connectivity index (χ1n) is 9.02. The van der Waals surface area contributed by atoms with E-state index >= 15 is 0 Å². The van der Waals surface area contributed by atoms with Crippen molar-refractivity contribution in [2.24, 2.45) is 0 Å². The Morgan fingerprint density at radius 2 is 1.38 bits per heavy atom. The predicted molar refractivity (Wildman–Crippen MR) is 102 cm³/mol. The number of imidazole rings is 1.